The Morgan fingerprint density at radius 2 is 1.65 bits per heavy atom. The number of hydrogen-bond acceptors (Lipinski definition) is 3. The van der Waals surface area contributed by atoms with Crippen LogP contribution in [0.2, 0.25) is 0 Å². The van der Waals surface area contributed by atoms with Crippen LogP contribution in [-0.2, 0) is 16.1 Å². The summed E-state index contributed by atoms with van der Waals surface area (Å²) < 4.78 is 5.80. The van der Waals surface area contributed by atoms with Gasteiger partial charge in [0, 0.05) is 12.6 Å². The van der Waals surface area contributed by atoms with Gasteiger partial charge in [-0.25, -0.2) is 0 Å². The smallest absolute Gasteiger partial charge is 0.261 e. The first-order valence-corrected chi connectivity index (χ1v) is 11.1. The molecule has 0 fully saturated rings. The number of nitrogens with zero attached hydrogens (tertiary/aromatic N) is 1. The summed E-state index contributed by atoms with van der Waals surface area (Å²) in [5.41, 5.74) is 4.43. The van der Waals surface area contributed by atoms with E-state index < -0.39 is 6.04 Å². The normalized spacial score (nSPS) is 12.7. The lowest BCUT2D eigenvalue weighted by atomic mass is 10.1. The summed E-state index contributed by atoms with van der Waals surface area (Å²) in [4.78, 5) is 27.8. The molecule has 0 bridgehead atoms. The molecule has 0 aliphatic carbocycles. The molecule has 0 aliphatic heterocycles. The second-order valence-electron chi connectivity index (χ2n) is 8.28. The minimum atomic E-state index is -0.550. The third kappa shape index (κ3) is 7.12. The Balaban J connectivity index is 2.21. The van der Waals surface area contributed by atoms with Crippen molar-refractivity contribution >= 4 is 11.8 Å². The van der Waals surface area contributed by atoms with Gasteiger partial charge in [-0.05, 0) is 69.4 Å². The number of ether oxygens (including phenoxy) is 1. The molecular weight excluding hydrogens is 388 g/mol. The minimum absolute atomic E-state index is 0.0599. The summed E-state index contributed by atoms with van der Waals surface area (Å²) in [7, 11) is 0. The lowest BCUT2D eigenvalue weighted by Crippen LogP contribution is -2.51. The van der Waals surface area contributed by atoms with Crippen molar-refractivity contribution in [1.29, 1.82) is 0 Å². The topological polar surface area (TPSA) is 58.6 Å². The highest BCUT2D eigenvalue weighted by Crippen LogP contribution is 2.18. The number of carbonyl (C=O) groups excluding carboxylic acids is 2. The van der Waals surface area contributed by atoms with Crippen LogP contribution >= 0.6 is 0 Å². The fourth-order valence-electron chi connectivity index (χ4n) is 3.28. The van der Waals surface area contributed by atoms with Crippen molar-refractivity contribution in [3.63, 3.8) is 0 Å². The van der Waals surface area contributed by atoms with Gasteiger partial charge in [0.15, 0.2) is 6.61 Å². The van der Waals surface area contributed by atoms with E-state index in [0.717, 1.165) is 23.1 Å². The summed E-state index contributed by atoms with van der Waals surface area (Å²) in [6.45, 7) is 12.3. The van der Waals surface area contributed by atoms with Gasteiger partial charge in [0.1, 0.15) is 11.8 Å². The molecule has 2 amide bonds. The lowest BCUT2D eigenvalue weighted by molar-refractivity contribution is -0.143. The first kappa shape index (κ1) is 24.4. The second kappa shape index (κ2) is 11.5. The predicted octanol–water partition coefficient (Wildman–Crippen LogP) is 4.71. The molecule has 0 unspecified atom stereocenters. The van der Waals surface area contributed by atoms with Crippen molar-refractivity contribution < 1.29 is 14.3 Å². The van der Waals surface area contributed by atoms with Crippen molar-refractivity contribution in [3.05, 3.63) is 64.7 Å². The fourth-order valence-corrected chi connectivity index (χ4v) is 3.28. The fraction of sp³-hybridized carbons (Fsp3) is 0.462. The van der Waals surface area contributed by atoms with Gasteiger partial charge in [-0.1, -0.05) is 49.7 Å². The van der Waals surface area contributed by atoms with E-state index >= 15 is 0 Å². The number of benzene rings is 2. The minimum Gasteiger partial charge on any atom is -0.484 e. The molecular formula is C26H36N2O3. The molecule has 168 valence electrons. The van der Waals surface area contributed by atoms with Gasteiger partial charge < -0.3 is 15.0 Å². The standard InChI is InChI=1S/C26H36N2O3/c1-7-21(6)27-26(30)24(8-2)28(16-22-12-9-18(3)10-13-22)25(29)17-31-23-14-11-19(4)20(5)15-23/h9-15,21,24H,7-8,16-17H2,1-6H3,(H,27,30)/t21-,24-/m1/s1. The number of carbonyl (C=O) groups is 2. The Labute approximate surface area is 186 Å². The zero-order valence-electron chi connectivity index (χ0n) is 19.7. The molecule has 0 aliphatic rings. The highest BCUT2D eigenvalue weighted by atomic mass is 16.5. The van der Waals surface area contributed by atoms with Crippen LogP contribution in [0.4, 0.5) is 0 Å². The van der Waals surface area contributed by atoms with Gasteiger partial charge in [0.25, 0.3) is 5.91 Å². The SMILES string of the molecule is CC[C@@H](C)NC(=O)[C@@H](CC)N(Cc1ccc(C)cc1)C(=O)COc1ccc(C)c(C)c1. The average molecular weight is 425 g/mol. The third-order valence-electron chi connectivity index (χ3n) is 5.70. The number of nitrogens with one attached hydrogen (secondary N) is 1. The van der Waals surface area contributed by atoms with Gasteiger partial charge in [0.05, 0.1) is 0 Å². The van der Waals surface area contributed by atoms with Crippen LogP contribution in [0.5, 0.6) is 5.75 Å². The largest absolute Gasteiger partial charge is 0.484 e. The summed E-state index contributed by atoms with van der Waals surface area (Å²) in [5.74, 6) is 0.331. The maximum atomic E-state index is 13.2. The summed E-state index contributed by atoms with van der Waals surface area (Å²) in [6, 6.07) is 13.3. The van der Waals surface area contributed by atoms with E-state index in [2.05, 4.69) is 5.32 Å². The van der Waals surface area contributed by atoms with Crippen LogP contribution in [-0.4, -0.2) is 35.4 Å². The quantitative estimate of drug-likeness (QED) is 0.601. The highest BCUT2D eigenvalue weighted by Gasteiger charge is 2.29. The molecule has 2 aromatic carbocycles. The number of aryl methyl sites for hydroxylation is 3. The maximum Gasteiger partial charge on any atom is 0.261 e. The Hall–Kier alpha value is -2.82. The van der Waals surface area contributed by atoms with Gasteiger partial charge in [-0.3, -0.25) is 9.59 Å². The van der Waals surface area contributed by atoms with E-state index in [1.807, 2.05) is 84.0 Å². The van der Waals surface area contributed by atoms with E-state index in [9.17, 15) is 9.59 Å². The first-order valence-electron chi connectivity index (χ1n) is 11.1. The highest BCUT2D eigenvalue weighted by molar-refractivity contribution is 5.88. The first-order chi connectivity index (χ1) is 14.7. The molecule has 5 heteroatoms. The number of amides is 2. The van der Waals surface area contributed by atoms with Crippen molar-refractivity contribution in [2.24, 2.45) is 0 Å². The van der Waals surface area contributed by atoms with E-state index in [4.69, 9.17) is 4.74 Å². The molecule has 2 rings (SSSR count). The van der Waals surface area contributed by atoms with Gasteiger partial charge >= 0.3 is 0 Å². The van der Waals surface area contributed by atoms with Crippen LogP contribution in [0.25, 0.3) is 0 Å². The van der Waals surface area contributed by atoms with Crippen molar-refractivity contribution in [3.8, 4) is 5.75 Å². The van der Waals surface area contributed by atoms with Crippen molar-refractivity contribution in [1.82, 2.24) is 10.2 Å². The van der Waals surface area contributed by atoms with Gasteiger partial charge in [-0.15, -0.1) is 0 Å². The molecule has 0 spiro atoms. The second-order valence-corrected chi connectivity index (χ2v) is 8.28. The van der Waals surface area contributed by atoms with Crippen LogP contribution in [0.3, 0.4) is 0 Å². The van der Waals surface area contributed by atoms with Crippen LogP contribution in [0.15, 0.2) is 42.5 Å². The van der Waals surface area contributed by atoms with Crippen molar-refractivity contribution in [2.75, 3.05) is 6.61 Å². The van der Waals surface area contributed by atoms with Gasteiger partial charge in [-0.2, -0.15) is 0 Å². The lowest BCUT2D eigenvalue weighted by Gasteiger charge is -2.31. The van der Waals surface area contributed by atoms with E-state index in [1.54, 1.807) is 4.90 Å². The predicted molar refractivity (Wildman–Crippen MR) is 125 cm³/mol. The maximum absolute atomic E-state index is 13.2. The summed E-state index contributed by atoms with van der Waals surface area (Å²) >= 11 is 0. The molecule has 2 aromatic rings. The molecule has 2 atom stereocenters. The Bertz CT molecular complexity index is 877. The van der Waals surface area contributed by atoms with E-state index in [1.165, 1.54) is 5.56 Å². The molecule has 0 aromatic heterocycles. The molecule has 1 N–H and O–H groups in total. The third-order valence-corrected chi connectivity index (χ3v) is 5.70. The Kier molecular flexibility index (Phi) is 9.10. The van der Waals surface area contributed by atoms with Gasteiger partial charge in [0.2, 0.25) is 5.91 Å². The van der Waals surface area contributed by atoms with Crippen LogP contribution in [0.1, 0.15) is 55.9 Å². The van der Waals surface area contributed by atoms with Crippen LogP contribution in [0, 0.1) is 20.8 Å². The Morgan fingerprint density at radius 3 is 2.23 bits per heavy atom. The van der Waals surface area contributed by atoms with E-state index in [0.29, 0.717) is 18.7 Å². The average Bonchev–Trinajstić information content (AvgIpc) is 2.75. The van der Waals surface area contributed by atoms with Crippen molar-refractivity contribution in [2.45, 2.75) is 73.0 Å². The summed E-state index contributed by atoms with van der Waals surface area (Å²) in [6.07, 6.45) is 1.37. The molecule has 0 heterocycles. The molecule has 0 saturated carbocycles. The molecule has 0 saturated heterocycles. The Morgan fingerprint density at radius 1 is 0.968 bits per heavy atom. The monoisotopic (exact) mass is 424 g/mol. The van der Waals surface area contributed by atoms with E-state index in [-0.39, 0.29) is 24.5 Å². The zero-order chi connectivity index (χ0) is 23.0. The van der Waals surface area contributed by atoms with Crippen LogP contribution < -0.4 is 10.1 Å². The summed E-state index contributed by atoms with van der Waals surface area (Å²) in [5, 5.41) is 3.02. The zero-order valence-corrected chi connectivity index (χ0v) is 19.7. The molecule has 5 nitrogen and oxygen atoms in total. The molecule has 0 radical (unpaired) electrons. The number of hydrogen-bond donors (Lipinski definition) is 1. The number of rotatable bonds is 10. The molecule has 31 heavy (non-hydrogen) atoms.